The maximum absolute atomic E-state index is 12.2. The Morgan fingerprint density at radius 1 is 1.08 bits per heavy atom. The molecule has 0 radical (unpaired) electrons. The van der Waals surface area contributed by atoms with Crippen LogP contribution < -0.4 is 9.80 Å². The van der Waals surface area contributed by atoms with Gasteiger partial charge in [0.15, 0.2) is 5.17 Å². The second kappa shape index (κ2) is 7.25. The molecule has 128 valence electrons. The van der Waals surface area contributed by atoms with Gasteiger partial charge in [-0.15, -0.1) is 0 Å². The zero-order valence-electron chi connectivity index (χ0n) is 13.7. The van der Waals surface area contributed by atoms with Crippen LogP contribution in [0.15, 0.2) is 53.7 Å². The molecule has 2 aromatic rings. The highest BCUT2D eigenvalue weighted by molar-refractivity contribution is 8.15. The van der Waals surface area contributed by atoms with Crippen LogP contribution >= 0.6 is 11.8 Å². The van der Waals surface area contributed by atoms with Crippen LogP contribution in [0.5, 0.6) is 0 Å². The molecular weight excluding hydrogens is 336 g/mol. The molecule has 1 aromatic heterocycles. The van der Waals surface area contributed by atoms with Gasteiger partial charge in [-0.05, 0) is 36.4 Å². The van der Waals surface area contributed by atoms with Gasteiger partial charge in [0.1, 0.15) is 5.82 Å². The number of rotatable bonds is 3. The fourth-order valence-corrected chi connectivity index (χ4v) is 3.70. The Kier molecular flexibility index (Phi) is 4.67. The summed E-state index contributed by atoms with van der Waals surface area (Å²) in [6, 6.07) is 13.6. The van der Waals surface area contributed by atoms with Crippen molar-refractivity contribution < 1.29 is 9.53 Å². The lowest BCUT2D eigenvalue weighted by Crippen LogP contribution is -2.36. The number of amides is 1. The monoisotopic (exact) mass is 354 g/mol. The largest absolute Gasteiger partial charge is 0.378 e. The summed E-state index contributed by atoms with van der Waals surface area (Å²) in [4.78, 5) is 25.0. The Hall–Kier alpha value is -2.38. The van der Waals surface area contributed by atoms with E-state index in [-0.39, 0.29) is 5.91 Å². The van der Waals surface area contributed by atoms with Crippen molar-refractivity contribution >= 4 is 40.0 Å². The van der Waals surface area contributed by atoms with Gasteiger partial charge in [0, 0.05) is 25.0 Å². The SMILES string of the molecule is O=C1CS/C(=N\c2ccc(N3CCOCC3)cc2)N1c1ccccn1. The minimum Gasteiger partial charge on any atom is -0.378 e. The molecule has 0 bridgehead atoms. The molecule has 3 heterocycles. The van der Waals surface area contributed by atoms with Gasteiger partial charge < -0.3 is 9.64 Å². The first-order chi connectivity index (χ1) is 12.3. The molecule has 0 spiro atoms. The first-order valence-corrected chi connectivity index (χ1v) is 9.18. The molecule has 7 heteroatoms. The van der Waals surface area contributed by atoms with Gasteiger partial charge in [0.25, 0.3) is 0 Å². The molecule has 0 atom stereocenters. The van der Waals surface area contributed by atoms with Crippen LogP contribution in [0.2, 0.25) is 0 Å². The number of aromatic nitrogens is 1. The maximum atomic E-state index is 12.2. The van der Waals surface area contributed by atoms with Crippen LogP contribution in [0.4, 0.5) is 17.2 Å². The number of carbonyl (C=O) groups excluding carboxylic acids is 1. The number of morpholine rings is 1. The molecule has 2 aliphatic rings. The minimum atomic E-state index is 0.00684. The van der Waals surface area contributed by atoms with Crippen LogP contribution in [0.1, 0.15) is 0 Å². The van der Waals surface area contributed by atoms with Gasteiger partial charge in [-0.25, -0.2) is 14.9 Å². The fourth-order valence-electron chi connectivity index (χ4n) is 2.83. The summed E-state index contributed by atoms with van der Waals surface area (Å²) in [5, 5.41) is 0.669. The Morgan fingerprint density at radius 2 is 1.88 bits per heavy atom. The molecule has 2 saturated heterocycles. The lowest BCUT2D eigenvalue weighted by atomic mass is 10.2. The van der Waals surface area contributed by atoms with E-state index in [4.69, 9.17) is 4.74 Å². The van der Waals surface area contributed by atoms with Crippen LogP contribution in [0, 0.1) is 0 Å². The standard InChI is InChI=1S/C18H18N4O2S/c23-17-13-25-18(22(17)16-3-1-2-8-19-16)20-14-4-6-15(7-5-14)21-9-11-24-12-10-21/h1-8H,9-13H2/b20-18-. The number of pyridine rings is 1. The number of hydrogen-bond acceptors (Lipinski definition) is 6. The third-order valence-corrected chi connectivity index (χ3v) is 5.02. The summed E-state index contributed by atoms with van der Waals surface area (Å²) < 4.78 is 5.39. The first kappa shape index (κ1) is 16.1. The molecule has 6 nitrogen and oxygen atoms in total. The summed E-state index contributed by atoms with van der Waals surface area (Å²) in [5.74, 6) is 1.01. The lowest BCUT2D eigenvalue weighted by Gasteiger charge is -2.28. The number of benzene rings is 1. The number of carbonyl (C=O) groups is 1. The van der Waals surface area contributed by atoms with Crippen molar-refractivity contribution in [3.05, 3.63) is 48.7 Å². The van der Waals surface area contributed by atoms with E-state index in [1.807, 2.05) is 30.3 Å². The van der Waals surface area contributed by atoms with E-state index in [1.54, 1.807) is 11.1 Å². The van der Waals surface area contributed by atoms with E-state index in [2.05, 4.69) is 27.0 Å². The summed E-state index contributed by atoms with van der Waals surface area (Å²) in [5.41, 5.74) is 2.00. The van der Waals surface area contributed by atoms with E-state index in [9.17, 15) is 4.79 Å². The van der Waals surface area contributed by atoms with E-state index in [1.165, 1.54) is 17.4 Å². The molecule has 1 amide bonds. The number of ether oxygens (including phenoxy) is 1. The fraction of sp³-hybridized carbons (Fsp3) is 0.278. The van der Waals surface area contributed by atoms with E-state index in [0.29, 0.717) is 16.7 Å². The van der Waals surface area contributed by atoms with Crippen LogP contribution in [-0.2, 0) is 9.53 Å². The predicted molar refractivity (Wildman–Crippen MR) is 101 cm³/mol. The van der Waals surface area contributed by atoms with Crippen molar-refractivity contribution in [2.24, 2.45) is 4.99 Å². The van der Waals surface area contributed by atoms with Crippen molar-refractivity contribution in [1.29, 1.82) is 0 Å². The Bertz CT molecular complexity index is 773. The molecule has 0 N–H and O–H groups in total. The van der Waals surface area contributed by atoms with Gasteiger partial charge in [0.2, 0.25) is 5.91 Å². The third kappa shape index (κ3) is 3.52. The van der Waals surface area contributed by atoms with Crippen molar-refractivity contribution in [1.82, 2.24) is 4.98 Å². The highest BCUT2D eigenvalue weighted by Crippen LogP contribution is 2.28. The Balaban J connectivity index is 1.56. The second-order valence-electron chi connectivity index (χ2n) is 5.72. The zero-order chi connectivity index (χ0) is 17.1. The lowest BCUT2D eigenvalue weighted by molar-refractivity contribution is -0.115. The minimum absolute atomic E-state index is 0.00684. The Labute approximate surface area is 150 Å². The summed E-state index contributed by atoms with van der Waals surface area (Å²) in [6.45, 7) is 3.35. The van der Waals surface area contributed by atoms with Gasteiger partial charge in [0.05, 0.1) is 24.7 Å². The normalized spacial score (nSPS) is 19.7. The van der Waals surface area contributed by atoms with Crippen molar-refractivity contribution in [3.63, 3.8) is 0 Å². The Morgan fingerprint density at radius 3 is 2.60 bits per heavy atom. The number of thioether (sulfide) groups is 1. The van der Waals surface area contributed by atoms with E-state index < -0.39 is 0 Å². The molecule has 0 unspecified atom stereocenters. The van der Waals surface area contributed by atoms with E-state index >= 15 is 0 Å². The average molecular weight is 354 g/mol. The van der Waals surface area contributed by atoms with Crippen molar-refractivity contribution in [2.45, 2.75) is 0 Å². The average Bonchev–Trinajstić information content (AvgIpc) is 3.04. The van der Waals surface area contributed by atoms with E-state index in [0.717, 1.165) is 32.0 Å². The number of amidine groups is 1. The molecule has 0 saturated carbocycles. The number of anilines is 2. The van der Waals surface area contributed by atoms with Gasteiger partial charge in [-0.1, -0.05) is 17.8 Å². The molecule has 0 aliphatic carbocycles. The summed E-state index contributed by atoms with van der Waals surface area (Å²) >= 11 is 1.44. The van der Waals surface area contributed by atoms with Crippen LogP contribution in [-0.4, -0.2) is 48.1 Å². The molecule has 4 rings (SSSR count). The molecule has 1 aromatic carbocycles. The molecule has 2 fully saturated rings. The number of hydrogen-bond donors (Lipinski definition) is 0. The van der Waals surface area contributed by atoms with Gasteiger partial charge >= 0.3 is 0 Å². The quantitative estimate of drug-likeness (QED) is 0.848. The summed E-state index contributed by atoms with van der Waals surface area (Å²) in [7, 11) is 0. The molecule has 2 aliphatic heterocycles. The number of aliphatic imine (C=N–C) groups is 1. The molecular formula is C18H18N4O2S. The highest BCUT2D eigenvalue weighted by atomic mass is 32.2. The first-order valence-electron chi connectivity index (χ1n) is 8.19. The van der Waals surface area contributed by atoms with Crippen molar-refractivity contribution in [3.8, 4) is 0 Å². The predicted octanol–water partition coefficient (Wildman–Crippen LogP) is 2.69. The maximum Gasteiger partial charge on any atom is 0.244 e. The van der Waals surface area contributed by atoms with Crippen molar-refractivity contribution in [2.75, 3.05) is 41.9 Å². The highest BCUT2D eigenvalue weighted by Gasteiger charge is 2.30. The zero-order valence-corrected chi connectivity index (χ0v) is 14.5. The third-order valence-electron chi connectivity index (χ3n) is 4.09. The van der Waals surface area contributed by atoms with Crippen LogP contribution in [0.3, 0.4) is 0 Å². The van der Waals surface area contributed by atoms with Gasteiger partial charge in [-0.3, -0.25) is 4.79 Å². The van der Waals surface area contributed by atoms with Crippen LogP contribution in [0.25, 0.3) is 0 Å². The second-order valence-corrected chi connectivity index (χ2v) is 6.66. The summed E-state index contributed by atoms with van der Waals surface area (Å²) in [6.07, 6.45) is 1.68. The smallest absolute Gasteiger partial charge is 0.244 e. The van der Waals surface area contributed by atoms with Gasteiger partial charge in [-0.2, -0.15) is 0 Å². The number of nitrogens with zero attached hydrogens (tertiary/aromatic N) is 4. The molecule has 25 heavy (non-hydrogen) atoms. The topological polar surface area (TPSA) is 58.0 Å².